The van der Waals surface area contributed by atoms with Crippen LogP contribution in [0.1, 0.15) is 40.0 Å². The first-order valence-electron chi connectivity index (χ1n) is 10.6. The number of carbonyl (C=O) groups excluding carboxylic acids is 2. The Labute approximate surface area is 178 Å². The zero-order valence-electron chi connectivity index (χ0n) is 18.4. The number of rotatable bonds is 6. The molecule has 3 rings (SSSR count). The van der Waals surface area contributed by atoms with Crippen LogP contribution in [-0.4, -0.2) is 67.4 Å². The summed E-state index contributed by atoms with van der Waals surface area (Å²) in [6.45, 7) is 9.04. The fourth-order valence-corrected chi connectivity index (χ4v) is 3.76. The van der Waals surface area contributed by atoms with Crippen LogP contribution in [0.3, 0.4) is 0 Å². The number of carbonyl (C=O) groups is 2. The molecule has 166 valence electrons. The predicted molar refractivity (Wildman–Crippen MR) is 114 cm³/mol. The van der Waals surface area contributed by atoms with Gasteiger partial charge >= 0.3 is 6.09 Å². The van der Waals surface area contributed by atoms with E-state index < -0.39 is 5.60 Å². The number of piperidine rings is 1. The molecule has 1 atom stereocenters. The highest BCUT2D eigenvalue weighted by Crippen LogP contribution is 2.34. The third-order valence-electron chi connectivity index (χ3n) is 5.15. The number of benzene rings is 1. The van der Waals surface area contributed by atoms with Gasteiger partial charge in [-0.1, -0.05) is 0 Å². The average Bonchev–Trinajstić information content (AvgIpc) is 3.13. The van der Waals surface area contributed by atoms with Crippen LogP contribution in [0.4, 0.5) is 10.5 Å². The van der Waals surface area contributed by atoms with Crippen LogP contribution in [0, 0.1) is 5.92 Å². The zero-order chi connectivity index (χ0) is 21.7. The lowest BCUT2D eigenvalue weighted by atomic mass is 9.97. The van der Waals surface area contributed by atoms with Gasteiger partial charge in [0.1, 0.15) is 5.60 Å². The molecule has 0 saturated carbocycles. The van der Waals surface area contributed by atoms with Gasteiger partial charge in [-0.05, 0) is 58.2 Å². The van der Waals surface area contributed by atoms with Gasteiger partial charge in [-0.25, -0.2) is 4.79 Å². The lowest BCUT2D eigenvalue weighted by molar-refractivity contribution is -0.116. The van der Waals surface area contributed by atoms with Gasteiger partial charge in [-0.2, -0.15) is 0 Å². The van der Waals surface area contributed by atoms with Crippen molar-refractivity contribution in [3.05, 3.63) is 18.2 Å². The Hall–Kier alpha value is -2.48. The zero-order valence-corrected chi connectivity index (χ0v) is 18.4. The summed E-state index contributed by atoms with van der Waals surface area (Å²) in [7, 11) is 1.78. The van der Waals surface area contributed by atoms with Crippen molar-refractivity contribution in [2.24, 2.45) is 5.92 Å². The van der Waals surface area contributed by atoms with E-state index in [0.29, 0.717) is 42.6 Å². The van der Waals surface area contributed by atoms with E-state index in [4.69, 9.17) is 14.2 Å². The van der Waals surface area contributed by atoms with Gasteiger partial charge in [0.15, 0.2) is 11.5 Å². The van der Waals surface area contributed by atoms with E-state index in [9.17, 15) is 9.59 Å². The molecule has 2 aliphatic rings. The number of ether oxygens (including phenoxy) is 3. The van der Waals surface area contributed by atoms with E-state index in [2.05, 4.69) is 10.2 Å². The second-order valence-electron chi connectivity index (χ2n) is 9.04. The van der Waals surface area contributed by atoms with Gasteiger partial charge in [0.25, 0.3) is 0 Å². The van der Waals surface area contributed by atoms with Crippen molar-refractivity contribution in [3.8, 4) is 11.5 Å². The van der Waals surface area contributed by atoms with Crippen molar-refractivity contribution in [3.63, 3.8) is 0 Å². The second kappa shape index (κ2) is 9.55. The summed E-state index contributed by atoms with van der Waals surface area (Å²) in [4.78, 5) is 28.5. The molecule has 0 bridgehead atoms. The fourth-order valence-electron chi connectivity index (χ4n) is 3.76. The predicted octanol–water partition coefficient (Wildman–Crippen LogP) is 3.32. The number of nitrogens with one attached hydrogen (secondary N) is 1. The first-order chi connectivity index (χ1) is 14.2. The highest BCUT2D eigenvalue weighted by molar-refractivity contribution is 5.91. The van der Waals surface area contributed by atoms with E-state index in [-0.39, 0.29) is 18.8 Å². The number of likely N-dealkylation sites (tertiary alicyclic amines) is 1. The minimum atomic E-state index is -0.491. The second-order valence-corrected chi connectivity index (χ2v) is 9.04. The van der Waals surface area contributed by atoms with Gasteiger partial charge < -0.3 is 29.3 Å². The molecule has 1 N–H and O–H groups in total. The molecule has 0 radical (unpaired) electrons. The Kier molecular flexibility index (Phi) is 7.07. The quantitative estimate of drug-likeness (QED) is 0.762. The van der Waals surface area contributed by atoms with Crippen LogP contribution >= 0.6 is 0 Å². The van der Waals surface area contributed by atoms with Crippen LogP contribution in [0.5, 0.6) is 11.5 Å². The standard InChI is InChI=1S/C22H33N3O5/c1-22(2,3)30-21(27)24(4)13-16-6-5-10-25(14-16)11-9-20(26)23-17-7-8-18-19(12-17)29-15-28-18/h7-8,12,16H,5-6,9-11,13-15H2,1-4H3,(H,23,26). The minimum absolute atomic E-state index is 0.0261. The molecule has 30 heavy (non-hydrogen) atoms. The average molecular weight is 420 g/mol. The maximum atomic E-state index is 12.4. The topological polar surface area (TPSA) is 80.3 Å². The lowest BCUT2D eigenvalue weighted by Crippen LogP contribution is -2.43. The van der Waals surface area contributed by atoms with Crippen LogP contribution < -0.4 is 14.8 Å². The molecule has 0 aliphatic carbocycles. The largest absolute Gasteiger partial charge is 0.454 e. The summed E-state index contributed by atoms with van der Waals surface area (Å²) < 4.78 is 16.1. The molecule has 8 nitrogen and oxygen atoms in total. The van der Waals surface area contributed by atoms with E-state index in [1.165, 1.54) is 0 Å². The SMILES string of the molecule is CN(CC1CCCN(CCC(=O)Nc2ccc3c(c2)OCO3)C1)C(=O)OC(C)(C)C. The Bertz CT molecular complexity index is 762. The Morgan fingerprint density at radius 3 is 2.80 bits per heavy atom. The lowest BCUT2D eigenvalue weighted by Gasteiger charge is -2.35. The molecule has 2 amide bonds. The first kappa shape index (κ1) is 22.2. The van der Waals surface area contributed by atoms with Gasteiger partial charge in [-0.15, -0.1) is 0 Å². The molecule has 2 aliphatic heterocycles. The summed E-state index contributed by atoms with van der Waals surface area (Å²) in [6.07, 6.45) is 2.27. The number of nitrogens with zero attached hydrogens (tertiary/aromatic N) is 2. The van der Waals surface area contributed by atoms with Crippen molar-refractivity contribution in [1.29, 1.82) is 0 Å². The number of hydrogen-bond acceptors (Lipinski definition) is 6. The van der Waals surface area contributed by atoms with Gasteiger partial charge in [-0.3, -0.25) is 4.79 Å². The van der Waals surface area contributed by atoms with Crippen molar-refractivity contribution in [2.45, 2.75) is 45.6 Å². The minimum Gasteiger partial charge on any atom is -0.454 e. The van der Waals surface area contributed by atoms with Crippen molar-refractivity contribution in [2.75, 3.05) is 45.3 Å². The third-order valence-corrected chi connectivity index (χ3v) is 5.15. The number of hydrogen-bond donors (Lipinski definition) is 1. The van der Waals surface area contributed by atoms with Crippen molar-refractivity contribution >= 4 is 17.7 Å². The van der Waals surface area contributed by atoms with Gasteiger partial charge in [0, 0.05) is 44.9 Å². The summed E-state index contributed by atoms with van der Waals surface area (Å²) in [5.41, 5.74) is 0.217. The molecular formula is C22H33N3O5. The number of anilines is 1. The van der Waals surface area contributed by atoms with E-state index in [0.717, 1.165) is 25.9 Å². The Morgan fingerprint density at radius 1 is 1.27 bits per heavy atom. The van der Waals surface area contributed by atoms with Crippen LogP contribution in [0.2, 0.25) is 0 Å². The normalized spacial score (nSPS) is 18.7. The summed E-state index contributed by atoms with van der Waals surface area (Å²) >= 11 is 0. The molecule has 1 saturated heterocycles. The highest BCUT2D eigenvalue weighted by Gasteiger charge is 2.25. The third kappa shape index (κ3) is 6.52. The highest BCUT2D eigenvalue weighted by atomic mass is 16.7. The van der Waals surface area contributed by atoms with Crippen LogP contribution in [-0.2, 0) is 9.53 Å². The Morgan fingerprint density at radius 2 is 2.03 bits per heavy atom. The molecule has 0 spiro atoms. The van der Waals surface area contributed by atoms with Gasteiger partial charge in [0.2, 0.25) is 12.7 Å². The number of amides is 2. The van der Waals surface area contributed by atoms with E-state index in [1.807, 2.05) is 26.8 Å². The molecule has 1 fully saturated rings. The molecule has 1 aromatic rings. The van der Waals surface area contributed by atoms with E-state index in [1.54, 1.807) is 24.1 Å². The first-order valence-corrected chi connectivity index (χ1v) is 10.6. The molecule has 1 aromatic carbocycles. The molecule has 2 heterocycles. The van der Waals surface area contributed by atoms with Crippen molar-refractivity contribution in [1.82, 2.24) is 9.80 Å². The van der Waals surface area contributed by atoms with Crippen LogP contribution in [0.25, 0.3) is 0 Å². The summed E-state index contributed by atoms with van der Waals surface area (Å²) in [5, 5.41) is 2.92. The Balaban J connectivity index is 1.41. The maximum absolute atomic E-state index is 12.4. The monoisotopic (exact) mass is 419 g/mol. The maximum Gasteiger partial charge on any atom is 0.410 e. The molecule has 1 unspecified atom stereocenters. The fraction of sp³-hybridized carbons (Fsp3) is 0.636. The molecular weight excluding hydrogens is 386 g/mol. The summed E-state index contributed by atoms with van der Waals surface area (Å²) in [6, 6.07) is 5.40. The smallest absolute Gasteiger partial charge is 0.410 e. The molecule has 8 heteroatoms. The van der Waals surface area contributed by atoms with E-state index >= 15 is 0 Å². The number of fused-ring (bicyclic) bond motifs is 1. The molecule has 0 aromatic heterocycles. The van der Waals surface area contributed by atoms with Crippen LogP contribution in [0.15, 0.2) is 18.2 Å². The summed E-state index contributed by atoms with van der Waals surface area (Å²) in [5.74, 6) is 1.71. The van der Waals surface area contributed by atoms with Crippen molar-refractivity contribution < 1.29 is 23.8 Å². The van der Waals surface area contributed by atoms with Gasteiger partial charge in [0.05, 0.1) is 0 Å².